The van der Waals surface area contributed by atoms with Gasteiger partial charge in [0.05, 0.1) is 13.7 Å². The number of carbonyl (C=O) groups is 4. The maximum Gasteiger partial charge on any atom is 0.410 e. The molecule has 0 unspecified atom stereocenters. The third kappa shape index (κ3) is 7.74. The Morgan fingerprint density at radius 3 is 2.36 bits per heavy atom. The summed E-state index contributed by atoms with van der Waals surface area (Å²) in [5.74, 6) is -1.95. The maximum atomic E-state index is 13.1. The molecule has 1 aromatic rings. The van der Waals surface area contributed by atoms with Crippen molar-refractivity contribution in [1.29, 1.82) is 0 Å². The third-order valence-electron chi connectivity index (χ3n) is 5.08. The Kier molecular flexibility index (Phi) is 9.22. The number of ether oxygens (including phenoxy) is 2. The van der Waals surface area contributed by atoms with Crippen LogP contribution in [-0.2, 0) is 30.3 Å². The van der Waals surface area contributed by atoms with Crippen LogP contribution < -0.4 is 10.6 Å². The minimum atomic E-state index is -1.26. The number of aliphatic hydroxyl groups is 1. The van der Waals surface area contributed by atoms with E-state index >= 15 is 0 Å². The molecule has 0 spiro atoms. The summed E-state index contributed by atoms with van der Waals surface area (Å²) in [6, 6.07) is 5.96. The van der Waals surface area contributed by atoms with E-state index in [-0.39, 0.29) is 6.42 Å². The number of benzene rings is 1. The Balaban J connectivity index is 2.17. The fraction of sp³-hybridized carbons (Fsp3) is 0.565. The highest BCUT2D eigenvalue weighted by molar-refractivity contribution is 5.93. The average Bonchev–Trinajstić information content (AvgIpc) is 3.26. The molecule has 182 valence electrons. The topological polar surface area (TPSA) is 134 Å². The van der Waals surface area contributed by atoms with Crippen molar-refractivity contribution in [1.82, 2.24) is 15.5 Å². The number of methoxy groups -OCH3 is 1. The maximum absolute atomic E-state index is 13.1. The molecule has 10 heteroatoms. The molecule has 0 aromatic heterocycles. The van der Waals surface area contributed by atoms with Crippen LogP contribution in [0, 0.1) is 0 Å². The summed E-state index contributed by atoms with van der Waals surface area (Å²) in [5, 5.41) is 14.6. The summed E-state index contributed by atoms with van der Waals surface area (Å²) in [5.41, 5.74) is 0.0795. The van der Waals surface area contributed by atoms with Gasteiger partial charge < -0.3 is 25.2 Å². The van der Waals surface area contributed by atoms with Crippen molar-refractivity contribution in [2.24, 2.45) is 0 Å². The van der Waals surface area contributed by atoms with E-state index in [1.807, 2.05) is 6.07 Å². The standard InChI is InChI=1S/C23H33N3O7/c1-23(2,3)33-22(31)26-12-8-11-18(26)20(29)24-16(13-15-9-6-5-7-10-15)19(28)25-17(14-27)21(30)32-4/h5-7,9-10,16-18,27H,8,11-14H2,1-4H3,(H,24,29)(H,25,28)/t16-,17-,18-/m0/s1. The molecule has 0 bridgehead atoms. The quantitative estimate of drug-likeness (QED) is 0.485. The first kappa shape index (κ1) is 26.1. The largest absolute Gasteiger partial charge is 0.467 e. The molecule has 0 radical (unpaired) electrons. The third-order valence-corrected chi connectivity index (χ3v) is 5.08. The number of aliphatic hydroxyl groups excluding tert-OH is 1. The highest BCUT2D eigenvalue weighted by Gasteiger charge is 2.38. The van der Waals surface area contributed by atoms with Crippen LogP contribution in [0.5, 0.6) is 0 Å². The number of amides is 3. The number of carbonyl (C=O) groups excluding carboxylic acids is 4. The van der Waals surface area contributed by atoms with Crippen molar-refractivity contribution in [2.45, 2.75) is 63.8 Å². The highest BCUT2D eigenvalue weighted by atomic mass is 16.6. The van der Waals surface area contributed by atoms with E-state index in [1.54, 1.807) is 45.0 Å². The monoisotopic (exact) mass is 463 g/mol. The molecular weight excluding hydrogens is 430 g/mol. The Morgan fingerprint density at radius 1 is 1.12 bits per heavy atom. The van der Waals surface area contributed by atoms with Crippen LogP contribution in [0.4, 0.5) is 4.79 Å². The smallest absolute Gasteiger partial charge is 0.410 e. The zero-order valence-electron chi connectivity index (χ0n) is 19.5. The van der Waals surface area contributed by atoms with Crippen LogP contribution >= 0.6 is 0 Å². The van der Waals surface area contributed by atoms with Crippen LogP contribution in [-0.4, -0.2) is 77.9 Å². The molecule has 0 saturated carbocycles. The molecule has 1 aromatic carbocycles. The SMILES string of the molecule is COC(=O)[C@H](CO)NC(=O)[C@H](Cc1ccccc1)NC(=O)[C@@H]1CCCN1C(=O)OC(C)(C)C. The van der Waals surface area contributed by atoms with Gasteiger partial charge in [-0.15, -0.1) is 0 Å². The van der Waals surface area contributed by atoms with E-state index in [0.29, 0.717) is 19.4 Å². The number of esters is 1. The highest BCUT2D eigenvalue weighted by Crippen LogP contribution is 2.21. The summed E-state index contributed by atoms with van der Waals surface area (Å²) in [6.07, 6.45) is 0.625. The van der Waals surface area contributed by atoms with E-state index in [4.69, 9.17) is 4.74 Å². The molecule has 33 heavy (non-hydrogen) atoms. The van der Waals surface area contributed by atoms with Crippen molar-refractivity contribution < 1.29 is 33.8 Å². The van der Waals surface area contributed by atoms with Gasteiger partial charge in [-0.25, -0.2) is 9.59 Å². The molecule has 3 atom stereocenters. The molecule has 1 aliphatic rings. The molecule has 1 saturated heterocycles. The molecule has 0 aliphatic carbocycles. The zero-order valence-corrected chi connectivity index (χ0v) is 19.5. The number of hydrogen-bond donors (Lipinski definition) is 3. The van der Waals surface area contributed by atoms with E-state index in [9.17, 15) is 24.3 Å². The van der Waals surface area contributed by atoms with Crippen LogP contribution in [0.25, 0.3) is 0 Å². The second-order valence-corrected chi connectivity index (χ2v) is 8.85. The lowest BCUT2D eigenvalue weighted by molar-refractivity contribution is -0.146. The second-order valence-electron chi connectivity index (χ2n) is 8.85. The molecule has 1 heterocycles. The minimum absolute atomic E-state index is 0.150. The van der Waals surface area contributed by atoms with Crippen molar-refractivity contribution >= 4 is 23.9 Å². The van der Waals surface area contributed by atoms with E-state index in [1.165, 1.54) is 4.90 Å². The number of nitrogens with zero attached hydrogens (tertiary/aromatic N) is 1. The van der Waals surface area contributed by atoms with E-state index in [2.05, 4.69) is 15.4 Å². The Bertz CT molecular complexity index is 838. The van der Waals surface area contributed by atoms with Gasteiger partial charge in [-0.1, -0.05) is 30.3 Å². The Morgan fingerprint density at radius 2 is 1.79 bits per heavy atom. The van der Waals surface area contributed by atoms with Crippen molar-refractivity contribution in [3.8, 4) is 0 Å². The lowest BCUT2D eigenvalue weighted by atomic mass is 10.0. The summed E-state index contributed by atoms with van der Waals surface area (Å²) in [6.45, 7) is 4.95. The lowest BCUT2D eigenvalue weighted by Gasteiger charge is -2.29. The second kappa shape index (κ2) is 11.6. The van der Waals surface area contributed by atoms with Gasteiger partial charge in [0.25, 0.3) is 0 Å². The molecule has 3 amide bonds. The Hall–Kier alpha value is -3.14. The molecule has 1 fully saturated rings. The van der Waals surface area contributed by atoms with Gasteiger partial charge in [0.15, 0.2) is 6.04 Å². The number of nitrogens with one attached hydrogen (secondary N) is 2. The van der Waals surface area contributed by atoms with Crippen molar-refractivity contribution in [2.75, 3.05) is 20.3 Å². The van der Waals surface area contributed by atoms with Crippen LogP contribution in [0.2, 0.25) is 0 Å². The predicted octanol–water partition coefficient (Wildman–Crippen LogP) is 0.764. The summed E-state index contributed by atoms with van der Waals surface area (Å²) < 4.78 is 9.99. The normalized spacial score (nSPS) is 17.6. The number of likely N-dealkylation sites (tertiary alicyclic amines) is 1. The van der Waals surface area contributed by atoms with E-state index < -0.39 is 54.2 Å². The van der Waals surface area contributed by atoms with Gasteiger partial charge in [0.2, 0.25) is 11.8 Å². The van der Waals surface area contributed by atoms with Crippen molar-refractivity contribution in [3.63, 3.8) is 0 Å². The van der Waals surface area contributed by atoms with Crippen LogP contribution in [0.1, 0.15) is 39.2 Å². The number of hydrogen-bond acceptors (Lipinski definition) is 7. The molecule has 1 aliphatic heterocycles. The first-order valence-electron chi connectivity index (χ1n) is 10.9. The van der Waals surface area contributed by atoms with Gasteiger partial charge in [0, 0.05) is 13.0 Å². The first-order chi connectivity index (χ1) is 15.6. The minimum Gasteiger partial charge on any atom is -0.467 e. The van der Waals surface area contributed by atoms with Gasteiger partial charge >= 0.3 is 12.1 Å². The summed E-state index contributed by atoms with van der Waals surface area (Å²) in [4.78, 5) is 51.7. The zero-order chi connectivity index (χ0) is 24.6. The van der Waals surface area contributed by atoms with Crippen LogP contribution in [0.15, 0.2) is 30.3 Å². The van der Waals surface area contributed by atoms with Gasteiger partial charge in [0.1, 0.15) is 17.7 Å². The van der Waals surface area contributed by atoms with Gasteiger partial charge in [-0.3, -0.25) is 14.5 Å². The molecule has 10 nitrogen and oxygen atoms in total. The number of rotatable bonds is 8. The molecular formula is C23H33N3O7. The average molecular weight is 464 g/mol. The van der Waals surface area contributed by atoms with E-state index in [0.717, 1.165) is 12.7 Å². The van der Waals surface area contributed by atoms with Gasteiger partial charge in [-0.2, -0.15) is 0 Å². The van der Waals surface area contributed by atoms with Crippen LogP contribution in [0.3, 0.4) is 0 Å². The fourth-order valence-corrected chi connectivity index (χ4v) is 3.50. The summed E-state index contributed by atoms with van der Waals surface area (Å²) in [7, 11) is 1.14. The lowest BCUT2D eigenvalue weighted by Crippen LogP contribution is -2.56. The fourth-order valence-electron chi connectivity index (χ4n) is 3.50. The summed E-state index contributed by atoms with van der Waals surface area (Å²) >= 11 is 0. The van der Waals surface area contributed by atoms with Crippen molar-refractivity contribution in [3.05, 3.63) is 35.9 Å². The Labute approximate surface area is 193 Å². The predicted molar refractivity (Wildman–Crippen MR) is 119 cm³/mol. The molecule has 3 N–H and O–H groups in total. The molecule has 2 rings (SSSR count). The first-order valence-corrected chi connectivity index (χ1v) is 10.9. The van der Waals surface area contributed by atoms with Gasteiger partial charge in [-0.05, 0) is 39.2 Å².